The SMILES string of the molecule is O=C(Nc1ccc(F)cc1)C(Sc1cccc(NC(=O)C2CC=CCC2C(=O)O)c1)c1ccccc1. The second-order valence-electron chi connectivity index (χ2n) is 8.42. The standard InChI is InChI=1S/C28H25FN2O4S/c29-19-13-15-20(16-14-19)30-27(33)25(18-7-2-1-3-8-18)36-22-10-6-9-21(17-22)31-26(32)23-11-4-5-12-24(23)28(34)35/h1-10,13-17,23-25H,11-12H2,(H,30,33)(H,31,32)(H,34,35). The Morgan fingerprint density at radius 1 is 0.833 bits per heavy atom. The molecule has 1 aliphatic rings. The third-order valence-electron chi connectivity index (χ3n) is 5.89. The van der Waals surface area contributed by atoms with E-state index in [4.69, 9.17) is 0 Å². The summed E-state index contributed by atoms with van der Waals surface area (Å²) in [6, 6.07) is 21.9. The molecule has 36 heavy (non-hydrogen) atoms. The van der Waals surface area contributed by atoms with Gasteiger partial charge in [-0.15, -0.1) is 11.8 Å². The Kier molecular flexibility index (Phi) is 8.17. The molecule has 0 saturated heterocycles. The number of halogens is 1. The highest BCUT2D eigenvalue weighted by Crippen LogP contribution is 2.37. The van der Waals surface area contributed by atoms with Gasteiger partial charge in [0.15, 0.2) is 0 Å². The van der Waals surface area contributed by atoms with Gasteiger partial charge in [0.1, 0.15) is 11.1 Å². The van der Waals surface area contributed by atoms with E-state index in [0.717, 1.165) is 10.5 Å². The molecular formula is C28H25FN2O4S. The molecule has 4 rings (SSSR count). The molecule has 8 heteroatoms. The lowest BCUT2D eigenvalue weighted by Gasteiger charge is -2.24. The Morgan fingerprint density at radius 2 is 1.53 bits per heavy atom. The number of amides is 2. The number of rotatable bonds is 8. The number of nitrogens with one attached hydrogen (secondary N) is 2. The monoisotopic (exact) mass is 504 g/mol. The smallest absolute Gasteiger partial charge is 0.307 e. The van der Waals surface area contributed by atoms with Crippen molar-refractivity contribution in [2.75, 3.05) is 10.6 Å². The molecule has 3 unspecified atom stereocenters. The van der Waals surface area contributed by atoms with E-state index in [0.29, 0.717) is 24.2 Å². The van der Waals surface area contributed by atoms with Gasteiger partial charge in [-0.25, -0.2) is 4.39 Å². The maximum atomic E-state index is 13.3. The van der Waals surface area contributed by atoms with Gasteiger partial charge in [0.05, 0.1) is 11.8 Å². The highest BCUT2D eigenvalue weighted by Gasteiger charge is 2.34. The molecule has 0 heterocycles. The quantitative estimate of drug-likeness (QED) is 0.262. The Balaban J connectivity index is 1.51. The molecule has 0 spiro atoms. The van der Waals surface area contributed by atoms with Crippen LogP contribution in [-0.2, 0) is 14.4 Å². The van der Waals surface area contributed by atoms with Gasteiger partial charge in [0.25, 0.3) is 0 Å². The first-order valence-corrected chi connectivity index (χ1v) is 12.4. The summed E-state index contributed by atoms with van der Waals surface area (Å²) in [6.45, 7) is 0. The molecule has 3 aromatic rings. The fourth-order valence-electron chi connectivity index (χ4n) is 4.04. The van der Waals surface area contributed by atoms with E-state index >= 15 is 0 Å². The highest BCUT2D eigenvalue weighted by atomic mass is 32.2. The topological polar surface area (TPSA) is 95.5 Å². The maximum Gasteiger partial charge on any atom is 0.307 e. The second-order valence-corrected chi connectivity index (χ2v) is 9.59. The van der Waals surface area contributed by atoms with Gasteiger partial charge in [-0.2, -0.15) is 0 Å². The number of hydrogen-bond acceptors (Lipinski definition) is 4. The van der Waals surface area contributed by atoms with Crippen LogP contribution >= 0.6 is 11.8 Å². The lowest BCUT2D eigenvalue weighted by molar-refractivity contribution is -0.146. The van der Waals surface area contributed by atoms with Crippen molar-refractivity contribution in [3.05, 3.63) is 102 Å². The average Bonchev–Trinajstić information content (AvgIpc) is 2.89. The van der Waals surface area contributed by atoms with E-state index in [9.17, 15) is 23.9 Å². The number of anilines is 2. The minimum absolute atomic E-state index is 0.273. The number of aliphatic carboxylic acids is 1. The first-order chi connectivity index (χ1) is 17.4. The molecular weight excluding hydrogens is 479 g/mol. The average molecular weight is 505 g/mol. The molecule has 0 radical (unpaired) electrons. The van der Waals surface area contributed by atoms with Crippen LogP contribution in [0.25, 0.3) is 0 Å². The van der Waals surface area contributed by atoms with E-state index < -0.39 is 23.1 Å². The zero-order valence-electron chi connectivity index (χ0n) is 19.3. The van der Waals surface area contributed by atoms with Crippen LogP contribution in [0.3, 0.4) is 0 Å². The number of thioether (sulfide) groups is 1. The second kappa shape index (κ2) is 11.7. The van der Waals surface area contributed by atoms with Crippen molar-refractivity contribution in [3.8, 4) is 0 Å². The molecule has 0 saturated carbocycles. The summed E-state index contributed by atoms with van der Waals surface area (Å²) < 4.78 is 13.3. The molecule has 0 aromatic heterocycles. The number of hydrogen-bond donors (Lipinski definition) is 3. The van der Waals surface area contributed by atoms with Crippen molar-refractivity contribution < 1.29 is 23.9 Å². The van der Waals surface area contributed by atoms with Crippen LogP contribution in [0, 0.1) is 17.7 Å². The van der Waals surface area contributed by atoms with E-state index in [1.54, 1.807) is 24.3 Å². The summed E-state index contributed by atoms with van der Waals surface area (Å²) in [7, 11) is 0. The molecule has 0 aliphatic heterocycles. The number of benzene rings is 3. The summed E-state index contributed by atoms with van der Waals surface area (Å²) in [4.78, 5) is 38.4. The van der Waals surface area contributed by atoms with Crippen molar-refractivity contribution >= 4 is 40.9 Å². The van der Waals surface area contributed by atoms with Crippen LogP contribution in [0.4, 0.5) is 15.8 Å². The molecule has 184 valence electrons. The zero-order chi connectivity index (χ0) is 25.5. The summed E-state index contributed by atoms with van der Waals surface area (Å²) in [5.41, 5.74) is 1.79. The summed E-state index contributed by atoms with van der Waals surface area (Å²) >= 11 is 1.31. The fourth-order valence-corrected chi connectivity index (χ4v) is 5.12. The first-order valence-electron chi connectivity index (χ1n) is 11.5. The Labute approximate surface area is 212 Å². The minimum Gasteiger partial charge on any atom is -0.481 e. The highest BCUT2D eigenvalue weighted by molar-refractivity contribution is 8.00. The minimum atomic E-state index is -0.985. The summed E-state index contributed by atoms with van der Waals surface area (Å²) in [5.74, 6) is -3.40. The van der Waals surface area contributed by atoms with Crippen molar-refractivity contribution in [2.45, 2.75) is 23.0 Å². The summed E-state index contributed by atoms with van der Waals surface area (Å²) in [5, 5.41) is 14.5. The van der Waals surface area contributed by atoms with Gasteiger partial charge in [0.2, 0.25) is 11.8 Å². The largest absolute Gasteiger partial charge is 0.481 e. The van der Waals surface area contributed by atoms with Gasteiger partial charge >= 0.3 is 5.97 Å². The van der Waals surface area contributed by atoms with Crippen molar-refractivity contribution in [1.82, 2.24) is 0 Å². The normalized spacial score (nSPS) is 17.7. The van der Waals surface area contributed by atoms with Crippen LogP contribution in [0.1, 0.15) is 23.7 Å². The zero-order valence-corrected chi connectivity index (χ0v) is 20.1. The fraction of sp³-hybridized carbons (Fsp3) is 0.179. The van der Waals surface area contributed by atoms with Gasteiger partial charge in [-0.3, -0.25) is 14.4 Å². The van der Waals surface area contributed by atoms with Crippen LogP contribution < -0.4 is 10.6 Å². The molecule has 0 bridgehead atoms. The number of carboxylic acids is 1. The van der Waals surface area contributed by atoms with E-state index in [-0.39, 0.29) is 17.6 Å². The van der Waals surface area contributed by atoms with Crippen LogP contribution in [-0.4, -0.2) is 22.9 Å². The predicted octanol–water partition coefficient (Wildman–Crippen LogP) is 5.90. The van der Waals surface area contributed by atoms with Crippen molar-refractivity contribution in [2.24, 2.45) is 11.8 Å². The Hall–Kier alpha value is -3.91. The Bertz CT molecular complexity index is 1260. The van der Waals surface area contributed by atoms with E-state index in [2.05, 4.69) is 10.6 Å². The molecule has 2 amide bonds. The predicted molar refractivity (Wildman–Crippen MR) is 138 cm³/mol. The summed E-state index contributed by atoms with van der Waals surface area (Å²) in [6.07, 6.45) is 4.32. The molecule has 1 aliphatic carbocycles. The number of carbonyl (C=O) groups excluding carboxylic acids is 2. The molecule has 3 N–H and O–H groups in total. The maximum absolute atomic E-state index is 13.3. The molecule has 6 nitrogen and oxygen atoms in total. The third kappa shape index (κ3) is 6.40. The van der Waals surface area contributed by atoms with Gasteiger partial charge in [-0.05, 0) is 60.9 Å². The first kappa shape index (κ1) is 25.2. The van der Waals surface area contributed by atoms with Crippen LogP contribution in [0.5, 0.6) is 0 Å². The number of allylic oxidation sites excluding steroid dienone is 2. The molecule has 3 atom stereocenters. The number of carboxylic acid groups (broad SMARTS) is 1. The third-order valence-corrected chi connectivity index (χ3v) is 7.14. The molecule has 0 fully saturated rings. The van der Waals surface area contributed by atoms with Gasteiger partial charge in [-0.1, -0.05) is 48.6 Å². The van der Waals surface area contributed by atoms with Gasteiger partial charge in [0, 0.05) is 16.3 Å². The van der Waals surface area contributed by atoms with Crippen LogP contribution in [0.15, 0.2) is 95.9 Å². The van der Waals surface area contributed by atoms with E-state index in [1.807, 2.05) is 42.5 Å². The Morgan fingerprint density at radius 3 is 2.22 bits per heavy atom. The van der Waals surface area contributed by atoms with Gasteiger partial charge < -0.3 is 15.7 Å². The van der Waals surface area contributed by atoms with Crippen LogP contribution in [0.2, 0.25) is 0 Å². The van der Waals surface area contributed by atoms with E-state index in [1.165, 1.54) is 36.0 Å². The molecule has 3 aromatic carbocycles. The lowest BCUT2D eigenvalue weighted by Crippen LogP contribution is -2.34. The van der Waals surface area contributed by atoms with Crippen molar-refractivity contribution in [1.29, 1.82) is 0 Å². The van der Waals surface area contributed by atoms with Crippen molar-refractivity contribution in [3.63, 3.8) is 0 Å². The lowest BCUT2D eigenvalue weighted by atomic mass is 9.82. The number of carbonyl (C=O) groups is 3.